The Morgan fingerprint density at radius 2 is 1.71 bits per heavy atom. The van der Waals surface area contributed by atoms with E-state index in [4.69, 9.17) is 5.26 Å². The zero-order valence-corrected chi connectivity index (χ0v) is 19.9. The first-order valence-corrected chi connectivity index (χ1v) is 12.7. The molecule has 0 aliphatic carbocycles. The highest BCUT2D eigenvalue weighted by Gasteiger charge is 2.35. The normalized spacial score (nSPS) is 12.0. The van der Waals surface area contributed by atoms with Crippen LogP contribution >= 0.6 is 11.3 Å². The third kappa shape index (κ3) is 4.74. The maximum Gasteiger partial charge on any atom is 0.419 e. The van der Waals surface area contributed by atoms with E-state index < -0.39 is 34.1 Å². The number of rotatable bonds is 6. The molecule has 0 amide bonds. The van der Waals surface area contributed by atoms with E-state index in [0.29, 0.717) is 23.6 Å². The summed E-state index contributed by atoms with van der Waals surface area (Å²) in [6.45, 7) is 1.43. The molecule has 35 heavy (non-hydrogen) atoms. The predicted octanol–water partition coefficient (Wildman–Crippen LogP) is 6.89. The van der Waals surface area contributed by atoms with Crippen molar-refractivity contribution < 1.29 is 26.0 Å². The molecule has 4 aromatic rings. The van der Waals surface area contributed by atoms with E-state index in [2.05, 4.69) is 0 Å². The Labute approximate surface area is 203 Å². The number of nitrogens with zero attached hydrogens (tertiary/aromatic N) is 2. The highest BCUT2D eigenvalue weighted by atomic mass is 32.2. The van der Waals surface area contributed by atoms with Gasteiger partial charge in [0, 0.05) is 4.70 Å². The fraction of sp³-hybridized carbons (Fsp3) is 0.160. The summed E-state index contributed by atoms with van der Waals surface area (Å²) in [4.78, 5) is -0.117. The van der Waals surface area contributed by atoms with E-state index >= 15 is 0 Å². The molecular formula is C25H18F4N2O2S2. The molecule has 0 fully saturated rings. The Bertz CT molecular complexity index is 1540. The Hall–Kier alpha value is -3.42. The zero-order valence-electron chi connectivity index (χ0n) is 18.3. The molecule has 0 saturated heterocycles. The summed E-state index contributed by atoms with van der Waals surface area (Å²) in [7, 11) is -4.26. The molecule has 0 aliphatic heterocycles. The molecule has 0 spiro atoms. The van der Waals surface area contributed by atoms with Crippen molar-refractivity contribution in [2.75, 3.05) is 4.31 Å². The standard InChI is InChI=1S/C25H18F4N2O2S2/c1-2-19-20-5-3-4-6-23(20)34-24(19)31(35(32,33)18-10-7-16(14-30)8-11-18)15-17-9-12-22(26)21(13-17)25(27,28)29/h3-13H,2,15H2,1H3. The van der Waals surface area contributed by atoms with Gasteiger partial charge < -0.3 is 0 Å². The van der Waals surface area contributed by atoms with Crippen molar-refractivity contribution in [1.29, 1.82) is 5.26 Å². The fourth-order valence-electron chi connectivity index (χ4n) is 3.78. The number of hydrogen-bond donors (Lipinski definition) is 0. The van der Waals surface area contributed by atoms with Gasteiger partial charge in [0.15, 0.2) is 0 Å². The minimum Gasteiger partial charge on any atom is -0.252 e. The summed E-state index contributed by atoms with van der Waals surface area (Å²) in [5.74, 6) is -1.43. The Kier molecular flexibility index (Phi) is 6.58. The second-order valence-electron chi connectivity index (χ2n) is 7.70. The van der Waals surface area contributed by atoms with Crippen LogP contribution in [0.3, 0.4) is 0 Å². The van der Waals surface area contributed by atoms with Crippen molar-refractivity contribution in [2.24, 2.45) is 0 Å². The van der Waals surface area contributed by atoms with E-state index in [-0.39, 0.29) is 16.0 Å². The van der Waals surface area contributed by atoms with Gasteiger partial charge in [-0.15, -0.1) is 11.3 Å². The molecule has 10 heteroatoms. The van der Waals surface area contributed by atoms with E-state index in [1.807, 2.05) is 37.3 Å². The molecule has 0 radical (unpaired) electrons. The largest absolute Gasteiger partial charge is 0.419 e. The van der Waals surface area contributed by atoms with Crippen molar-refractivity contribution in [3.05, 3.63) is 94.8 Å². The Morgan fingerprint density at radius 3 is 2.34 bits per heavy atom. The van der Waals surface area contributed by atoms with Gasteiger partial charge in [-0.05, 0) is 65.4 Å². The molecular weight excluding hydrogens is 500 g/mol. The van der Waals surface area contributed by atoms with Crippen LogP contribution in [0.25, 0.3) is 10.1 Å². The van der Waals surface area contributed by atoms with Gasteiger partial charge in [-0.25, -0.2) is 12.8 Å². The second-order valence-corrected chi connectivity index (χ2v) is 10.6. The maximum atomic E-state index is 13.9. The molecule has 0 atom stereocenters. The van der Waals surface area contributed by atoms with Gasteiger partial charge in [0.1, 0.15) is 10.8 Å². The van der Waals surface area contributed by atoms with Crippen LogP contribution in [0.1, 0.15) is 29.2 Å². The highest BCUT2D eigenvalue weighted by molar-refractivity contribution is 7.93. The van der Waals surface area contributed by atoms with Crippen molar-refractivity contribution in [3.63, 3.8) is 0 Å². The first-order valence-electron chi connectivity index (χ1n) is 10.4. The lowest BCUT2D eigenvalue weighted by molar-refractivity contribution is -0.140. The summed E-state index contributed by atoms with van der Waals surface area (Å²) in [6, 6.07) is 17.0. The third-order valence-corrected chi connectivity index (χ3v) is 8.60. The minimum atomic E-state index is -4.93. The molecule has 1 aromatic heterocycles. The summed E-state index contributed by atoms with van der Waals surface area (Å²) in [5.41, 5.74) is -0.478. The lowest BCUT2D eigenvalue weighted by Gasteiger charge is -2.25. The van der Waals surface area contributed by atoms with Crippen molar-refractivity contribution in [2.45, 2.75) is 31.0 Å². The number of aryl methyl sites for hydroxylation is 1. The average Bonchev–Trinajstić information content (AvgIpc) is 3.20. The van der Waals surface area contributed by atoms with Crippen LogP contribution in [0.2, 0.25) is 0 Å². The smallest absolute Gasteiger partial charge is 0.252 e. The van der Waals surface area contributed by atoms with Crippen LogP contribution in [0.4, 0.5) is 22.6 Å². The lowest BCUT2D eigenvalue weighted by Crippen LogP contribution is -2.30. The molecule has 0 aliphatic rings. The molecule has 4 nitrogen and oxygen atoms in total. The number of nitriles is 1. The van der Waals surface area contributed by atoms with Crippen LogP contribution in [0.5, 0.6) is 0 Å². The summed E-state index contributed by atoms with van der Waals surface area (Å²) in [6.07, 6.45) is -4.45. The van der Waals surface area contributed by atoms with Gasteiger partial charge in [0.25, 0.3) is 10.0 Å². The number of fused-ring (bicyclic) bond motifs is 1. The van der Waals surface area contributed by atoms with Crippen molar-refractivity contribution in [1.82, 2.24) is 0 Å². The molecule has 4 rings (SSSR count). The summed E-state index contributed by atoms with van der Waals surface area (Å²) in [5, 5.41) is 10.3. The lowest BCUT2D eigenvalue weighted by atomic mass is 10.1. The van der Waals surface area contributed by atoms with Crippen LogP contribution in [0, 0.1) is 17.1 Å². The third-order valence-electron chi connectivity index (χ3n) is 5.49. The zero-order chi connectivity index (χ0) is 25.4. The number of anilines is 1. The molecule has 0 N–H and O–H groups in total. The topological polar surface area (TPSA) is 61.2 Å². The maximum absolute atomic E-state index is 13.9. The average molecular weight is 519 g/mol. The number of thiophene rings is 1. The minimum absolute atomic E-state index is 0.0181. The van der Waals surface area contributed by atoms with Crippen LogP contribution in [-0.2, 0) is 29.2 Å². The van der Waals surface area contributed by atoms with Crippen molar-refractivity contribution in [3.8, 4) is 6.07 Å². The van der Waals surface area contributed by atoms with Crippen LogP contribution in [-0.4, -0.2) is 8.42 Å². The Morgan fingerprint density at radius 1 is 1.03 bits per heavy atom. The van der Waals surface area contributed by atoms with E-state index in [1.165, 1.54) is 35.6 Å². The first-order chi connectivity index (χ1) is 16.6. The van der Waals surface area contributed by atoms with Gasteiger partial charge in [0.05, 0.1) is 28.6 Å². The van der Waals surface area contributed by atoms with E-state index in [0.717, 1.165) is 26.0 Å². The molecule has 1 heterocycles. The number of sulfonamides is 1. The number of halogens is 4. The number of hydrogen-bond acceptors (Lipinski definition) is 4. The van der Waals surface area contributed by atoms with E-state index in [9.17, 15) is 26.0 Å². The van der Waals surface area contributed by atoms with Crippen molar-refractivity contribution >= 4 is 36.4 Å². The first kappa shape index (κ1) is 24.7. The van der Waals surface area contributed by atoms with Gasteiger partial charge in [-0.2, -0.15) is 18.4 Å². The van der Waals surface area contributed by atoms with Gasteiger partial charge >= 0.3 is 6.18 Å². The molecule has 0 unspecified atom stereocenters. The quantitative estimate of drug-likeness (QED) is 0.261. The molecule has 3 aromatic carbocycles. The monoisotopic (exact) mass is 518 g/mol. The van der Waals surface area contributed by atoms with Gasteiger partial charge in [0.2, 0.25) is 0 Å². The fourth-order valence-corrected chi connectivity index (χ4v) is 6.77. The second kappa shape index (κ2) is 9.32. The SMILES string of the molecule is CCc1c(N(Cc2ccc(F)c(C(F)(F)F)c2)S(=O)(=O)c2ccc(C#N)cc2)sc2ccccc12. The summed E-state index contributed by atoms with van der Waals surface area (Å²) < 4.78 is 83.3. The number of benzene rings is 3. The molecule has 180 valence electrons. The Balaban J connectivity index is 1.91. The van der Waals surface area contributed by atoms with Crippen LogP contribution < -0.4 is 4.31 Å². The van der Waals surface area contributed by atoms with E-state index in [1.54, 1.807) is 0 Å². The number of alkyl halides is 3. The highest BCUT2D eigenvalue weighted by Crippen LogP contribution is 2.42. The predicted molar refractivity (Wildman–Crippen MR) is 127 cm³/mol. The molecule has 0 bridgehead atoms. The summed E-state index contributed by atoms with van der Waals surface area (Å²) >= 11 is 1.22. The van der Waals surface area contributed by atoms with Gasteiger partial charge in [-0.3, -0.25) is 4.31 Å². The van der Waals surface area contributed by atoms with Crippen LogP contribution in [0.15, 0.2) is 71.6 Å². The molecule has 0 saturated carbocycles. The van der Waals surface area contributed by atoms with Gasteiger partial charge in [-0.1, -0.05) is 31.2 Å².